The quantitative estimate of drug-likeness (QED) is 0.803. The van der Waals surface area contributed by atoms with Crippen LogP contribution in [0.5, 0.6) is 0 Å². The summed E-state index contributed by atoms with van der Waals surface area (Å²) in [7, 11) is 1.83. The minimum atomic E-state index is -0.169. The fourth-order valence-corrected chi connectivity index (χ4v) is 2.28. The van der Waals surface area contributed by atoms with E-state index in [1.54, 1.807) is 10.9 Å². The Morgan fingerprint density at radius 2 is 2.35 bits per heavy atom. The SMILES string of the molecule is CCc1nn(C)cc1C(=O)NC1(CN)CCC1. The number of hydrogen-bond acceptors (Lipinski definition) is 3. The number of nitrogens with zero attached hydrogens (tertiary/aromatic N) is 2. The number of hydrogen-bond donors (Lipinski definition) is 2. The molecular formula is C12H20N4O. The van der Waals surface area contributed by atoms with Crippen LogP contribution in [0.4, 0.5) is 0 Å². The first-order valence-electron chi connectivity index (χ1n) is 6.15. The molecule has 0 unspecified atom stereocenters. The third-order valence-corrected chi connectivity index (χ3v) is 3.56. The second kappa shape index (κ2) is 4.49. The van der Waals surface area contributed by atoms with Gasteiger partial charge in [-0.1, -0.05) is 6.92 Å². The number of amides is 1. The van der Waals surface area contributed by atoms with Crippen LogP contribution in [0.2, 0.25) is 0 Å². The van der Waals surface area contributed by atoms with Gasteiger partial charge in [-0.2, -0.15) is 5.10 Å². The molecule has 1 aliphatic carbocycles. The van der Waals surface area contributed by atoms with Crippen molar-refractivity contribution in [3.8, 4) is 0 Å². The maximum Gasteiger partial charge on any atom is 0.255 e. The zero-order valence-corrected chi connectivity index (χ0v) is 10.5. The first kappa shape index (κ1) is 12.1. The topological polar surface area (TPSA) is 72.9 Å². The molecule has 1 saturated carbocycles. The normalized spacial score (nSPS) is 17.6. The predicted molar refractivity (Wildman–Crippen MR) is 65.7 cm³/mol. The van der Waals surface area contributed by atoms with E-state index >= 15 is 0 Å². The third-order valence-electron chi connectivity index (χ3n) is 3.56. The van der Waals surface area contributed by atoms with Crippen LogP contribution in [-0.2, 0) is 13.5 Å². The largest absolute Gasteiger partial charge is 0.345 e. The number of nitrogens with one attached hydrogen (secondary N) is 1. The second-order valence-corrected chi connectivity index (χ2v) is 4.81. The van der Waals surface area contributed by atoms with Crippen molar-refractivity contribution in [3.05, 3.63) is 17.5 Å². The van der Waals surface area contributed by atoms with E-state index in [0.29, 0.717) is 12.1 Å². The van der Waals surface area contributed by atoms with Crippen LogP contribution in [0.3, 0.4) is 0 Å². The average molecular weight is 236 g/mol. The van der Waals surface area contributed by atoms with Crippen LogP contribution < -0.4 is 11.1 Å². The van der Waals surface area contributed by atoms with Gasteiger partial charge in [0.1, 0.15) is 0 Å². The zero-order valence-electron chi connectivity index (χ0n) is 10.5. The standard InChI is InChI=1S/C12H20N4O/c1-3-10-9(7-16(2)15-10)11(17)14-12(8-13)5-4-6-12/h7H,3-6,8,13H2,1-2H3,(H,14,17). The highest BCUT2D eigenvalue weighted by molar-refractivity contribution is 5.95. The summed E-state index contributed by atoms with van der Waals surface area (Å²) in [5, 5.41) is 7.34. The van der Waals surface area contributed by atoms with Crippen molar-refractivity contribution in [1.82, 2.24) is 15.1 Å². The molecule has 1 aromatic rings. The summed E-state index contributed by atoms with van der Waals surface area (Å²) in [6, 6.07) is 0. The van der Waals surface area contributed by atoms with E-state index in [-0.39, 0.29) is 11.4 Å². The summed E-state index contributed by atoms with van der Waals surface area (Å²) < 4.78 is 1.68. The Balaban J connectivity index is 2.14. The van der Waals surface area contributed by atoms with Gasteiger partial charge >= 0.3 is 0 Å². The Morgan fingerprint density at radius 1 is 1.65 bits per heavy atom. The third kappa shape index (κ3) is 2.20. The van der Waals surface area contributed by atoms with Gasteiger partial charge in [0, 0.05) is 19.8 Å². The van der Waals surface area contributed by atoms with Crippen LogP contribution in [0.15, 0.2) is 6.20 Å². The Kier molecular flexibility index (Phi) is 3.19. The van der Waals surface area contributed by atoms with Crippen molar-refractivity contribution in [3.63, 3.8) is 0 Å². The highest BCUT2D eigenvalue weighted by Crippen LogP contribution is 2.31. The van der Waals surface area contributed by atoms with Gasteiger partial charge in [-0.05, 0) is 25.7 Å². The monoisotopic (exact) mass is 236 g/mol. The maximum absolute atomic E-state index is 12.2. The molecule has 0 saturated heterocycles. The van der Waals surface area contributed by atoms with E-state index < -0.39 is 0 Å². The van der Waals surface area contributed by atoms with Crippen LogP contribution in [0.25, 0.3) is 0 Å². The van der Waals surface area contributed by atoms with E-state index in [9.17, 15) is 4.79 Å². The molecule has 5 nitrogen and oxygen atoms in total. The van der Waals surface area contributed by atoms with Crippen molar-refractivity contribution in [2.75, 3.05) is 6.54 Å². The molecular weight excluding hydrogens is 216 g/mol. The fourth-order valence-electron chi connectivity index (χ4n) is 2.28. The van der Waals surface area contributed by atoms with Gasteiger partial charge in [0.2, 0.25) is 0 Å². The van der Waals surface area contributed by atoms with Crippen molar-refractivity contribution in [2.45, 2.75) is 38.1 Å². The van der Waals surface area contributed by atoms with Crippen LogP contribution in [0, 0.1) is 0 Å². The lowest BCUT2D eigenvalue weighted by molar-refractivity contribution is 0.0836. The van der Waals surface area contributed by atoms with Crippen LogP contribution in [-0.4, -0.2) is 27.8 Å². The minimum Gasteiger partial charge on any atom is -0.345 e. The Bertz CT molecular complexity index is 415. The molecule has 94 valence electrons. The van der Waals surface area contributed by atoms with Gasteiger partial charge in [-0.15, -0.1) is 0 Å². The van der Waals surface area contributed by atoms with Crippen LogP contribution in [0.1, 0.15) is 42.2 Å². The lowest BCUT2D eigenvalue weighted by Crippen LogP contribution is -2.58. The molecule has 17 heavy (non-hydrogen) atoms. The molecule has 0 atom stereocenters. The summed E-state index contributed by atoms with van der Waals surface area (Å²) in [6.07, 6.45) is 5.65. The lowest BCUT2D eigenvalue weighted by Gasteiger charge is -2.41. The smallest absolute Gasteiger partial charge is 0.255 e. The molecule has 3 N–H and O–H groups in total. The summed E-state index contributed by atoms with van der Waals surface area (Å²) in [5.74, 6) is -0.0416. The first-order chi connectivity index (χ1) is 8.10. The minimum absolute atomic E-state index is 0.0416. The molecule has 0 aromatic carbocycles. The molecule has 1 heterocycles. The highest BCUT2D eigenvalue weighted by atomic mass is 16.1. The number of aromatic nitrogens is 2. The van der Waals surface area contributed by atoms with Crippen molar-refractivity contribution < 1.29 is 4.79 Å². The number of carbonyl (C=O) groups excluding carboxylic acids is 1. The average Bonchev–Trinajstić information content (AvgIpc) is 2.65. The molecule has 1 aromatic heterocycles. The molecule has 1 amide bonds. The number of rotatable bonds is 4. The molecule has 1 fully saturated rings. The van der Waals surface area contributed by atoms with E-state index in [1.165, 1.54) is 0 Å². The Morgan fingerprint density at radius 3 is 2.82 bits per heavy atom. The molecule has 0 aliphatic heterocycles. The number of nitrogens with two attached hydrogens (primary N) is 1. The molecule has 0 spiro atoms. The molecule has 5 heteroatoms. The highest BCUT2D eigenvalue weighted by Gasteiger charge is 2.37. The molecule has 2 rings (SSSR count). The predicted octanol–water partition coefficient (Wildman–Crippen LogP) is 0.594. The van der Waals surface area contributed by atoms with Crippen molar-refractivity contribution >= 4 is 5.91 Å². The van der Waals surface area contributed by atoms with Gasteiger partial charge in [0.05, 0.1) is 16.8 Å². The van der Waals surface area contributed by atoms with Gasteiger partial charge in [0.25, 0.3) is 5.91 Å². The van der Waals surface area contributed by atoms with Gasteiger partial charge < -0.3 is 11.1 Å². The van der Waals surface area contributed by atoms with Gasteiger partial charge in [-0.3, -0.25) is 9.48 Å². The van der Waals surface area contributed by atoms with Gasteiger partial charge in [0.15, 0.2) is 0 Å². The maximum atomic E-state index is 12.2. The van der Waals surface area contributed by atoms with Crippen LogP contribution >= 0.6 is 0 Å². The second-order valence-electron chi connectivity index (χ2n) is 4.81. The lowest BCUT2D eigenvalue weighted by atomic mass is 9.76. The summed E-state index contributed by atoms with van der Waals surface area (Å²) >= 11 is 0. The number of aryl methyl sites for hydroxylation is 2. The summed E-state index contributed by atoms with van der Waals surface area (Å²) in [4.78, 5) is 12.2. The zero-order chi connectivity index (χ0) is 12.5. The van der Waals surface area contributed by atoms with Crippen molar-refractivity contribution in [1.29, 1.82) is 0 Å². The van der Waals surface area contributed by atoms with Gasteiger partial charge in [-0.25, -0.2) is 0 Å². The van der Waals surface area contributed by atoms with E-state index in [0.717, 1.165) is 31.4 Å². The van der Waals surface area contributed by atoms with E-state index in [2.05, 4.69) is 10.4 Å². The fraction of sp³-hybridized carbons (Fsp3) is 0.667. The van der Waals surface area contributed by atoms with Crippen molar-refractivity contribution in [2.24, 2.45) is 12.8 Å². The molecule has 0 bridgehead atoms. The number of carbonyl (C=O) groups is 1. The first-order valence-corrected chi connectivity index (χ1v) is 6.15. The van der Waals surface area contributed by atoms with E-state index in [4.69, 9.17) is 5.73 Å². The Hall–Kier alpha value is -1.36. The summed E-state index contributed by atoms with van der Waals surface area (Å²) in [5.41, 5.74) is 7.09. The molecule has 0 radical (unpaired) electrons. The van der Waals surface area contributed by atoms with E-state index in [1.807, 2.05) is 14.0 Å². The molecule has 1 aliphatic rings. The summed E-state index contributed by atoms with van der Waals surface area (Å²) in [6.45, 7) is 2.52. The Labute approximate surface area is 101 Å².